The fourth-order valence-corrected chi connectivity index (χ4v) is 6.77. The monoisotopic (exact) mass is 536 g/mol. The second kappa shape index (κ2) is 9.29. The third-order valence-electron chi connectivity index (χ3n) is 8.95. The molecule has 200 valence electrons. The van der Waals surface area contributed by atoms with Gasteiger partial charge in [-0.15, -0.1) is 0 Å². The fourth-order valence-electron chi connectivity index (χ4n) is 6.77. The highest BCUT2D eigenvalue weighted by Gasteiger charge is 2.22. The summed E-state index contributed by atoms with van der Waals surface area (Å²) in [5.41, 5.74) is 6.52. The fraction of sp³-hybridized carbons (Fsp3) is 0.0952. The topological polar surface area (TPSA) is 0 Å². The van der Waals surface area contributed by atoms with Gasteiger partial charge in [-0.25, -0.2) is 0 Å². The summed E-state index contributed by atoms with van der Waals surface area (Å²) in [7, 11) is 0. The predicted molar refractivity (Wildman–Crippen MR) is 184 cm³/mol. The summed E-state index contributed by atoms with van der Waals surface area (Å²) >= 11 is 0. The molecule has 0 aliphatic heterocycles. The molecule has 0 aromatic heterocycles. The zero-order valence-corrected chi connectivity index (χ0v) is 24.3. The average molecular weight is 537 g/mol. The molecule has 0 N–H and O–H groups in total. The number of fused-ring (bicyclic) bond motifs is 6. The summed E-state index contributed by atoms with van der Waals surface area (Å²) in [6.45, 7) is 6.93. The van der Waals surface area contributed by atoms with Crippen LogP contribution >= 0.6 is 0 Å². The lowest BCUT2D eigenvalue weighted by Gasteiger charge is -2.24. The summed E-state index contributed by atoms with van der Waals surface area (Å²) in [5.74, 6) is 0. The molecule has 8 rings (SSSR count). The molecule has 0 nitrogen and oxygen atoms in total. The first kappa shape index (κ1) is 24.8. The van der Waals surface area contributed by atoms with Crippen LogP contribution in [0.25, 0.3) is 76.1 Å². The van der Waals surface area contributed by atoms with E-state index in [1.165, 1.54) is 81.7 Å². The Morgan fingerprint density at radius 3 is 1.52 bits per heavy atom. The molecule has 0 heterocycles. The van der Waals surface area contributed by atoms with E-state index in [0.29, 0.717) is 0 Å². The average Bonchev–Trinajstić information content (AvgIpc) is 3.02. The lowest BCUT2D eigenvalue weighted by atomic mass is 9.80. The minimum Gasteiger partial charge on any atom is -0.0616 e. The Kier molecular flexibility index (Phi) is 5.49. The number of hydrogen-bond donors (Lipinski definition) is 0. The molecule has 0 heteroatoms. The van der Waals surface area contributed by atoms with Crippen LogP contribution in [0.3, 0.4) is 0 Å². The molecular formula is C42H32. The Labute approximate surface area is 246 Å². The van der Waals surface area contributed by atoms with Gasteiger partial charge in [0.2, 0.25) is 0 Å². The van der Waals surface area contributed by atoms with Gasteiger partial charge in [-0.2, -0.15) is 0 Å². The summed E-state index contributed by atoms with van der Waals surface area (Å²) in [6, 6.07) is 51.9. The minimum absolute atomic E-state index is 0.0334. The van der Waals surface area contributed by atoms with E-state index in [1.807, 2.05) is 0 Å². The Morgan fingerprint density at radius 1 is 0.357 bits per heavy atom. The molecule has 8 aromatic carbocycles. The van der Waals surface area contributed by atoms with E-state index in [2.05, 4.69) is 160 Å². The van der Waals surface area contributed by atoms with Crippen molar-refractivity contribution >= 4 is 53.9 Å². The van der Waals surface area contributed by atoms with E-state index in [0.717, 1.165) is 0 Å². The third kappa shape index (κ3) is 3.90. The lowest BCUT2D eigenvalue weighted by Crippen LogP contribution is -2.10. The molecule has 0 aliphatic carbocycles. The van der Waals surface area contributed by atoms with Gasteiger partial charge in [-0.05, 0) is 105 Å². The van der Waals surface area contributed by atoms with Gasteiger partial charge in [-0.3, -0.25) is 0 Å². The maximum atomic E-state index is 2.46. The summed E-state index contributed by atoms with van der Waals surface area (Å²) in [6.07, 6.45) is 0. The molecule has 0 bridgehead atoms. The number of rotatable bonds is 2. The van der Waals surface area contributed by atoms with Crippen LogP contribution in [-0.4, -0.2) is 0 Å². The molecule has 0 saturated carbocycles. The van der Waals surface area contributed by atoms with Crippen LogP contribution in [0.2, 0.25) is 0 Å². The van der Waals surface area contributed by atoms with Gasteiger partial charge in [0.15, 0.2) is 0 Å². The maximum absolute atomic E-state index is 2.46. The van der Waals surface area contributed by atoms with Crippen LogP contribution < -0.4 is 0 Å². The van der Waals surface area contributed by atoms with Crippen molar-refractivity contribution in [2.75, 3.05) is 0 Å². The van der Waals surface area contributed by atoms with Crippen LogP contribution in [-0.2, 0) is 5.41 Å². The minimum atomic E-state index is 0.0334. The van der Waals surface area contributed by atoms with Crippen molar-refractivity contribution < 1.29 is 0 Å². The van der Waals surface area contributed by atoms with Gasteiger partial charge in [0, 0.05) is 0 Å². The van der Waals surface area contributed by atoms with Crippen LogP contribution in [0.5, 0.6) is 0 Å². The second-order valence-corrected chi connectivity index (χ2v) is 12.6. The van der Waals surface area contributed by atoms with Crippen molar-refractivity contribution in [1.29, 1.82) is 0 Å². The van der Waals surface area contributed by atoms with Gasteiger partial charge < -0.3 is 0 Å². The molecule has 0 aliphatic rings. The number of hydrogen-bond acceptors (Lipinski definition) is 0. The standard InChI is InChI=1S/C42H32/c1-42(2,3)34-21-23-36-38(26-34)40(33-19-17-28-11-5-7-14-31(28)25-33)41-35-15-9-8-12-29(35)20-22-37(41)39(36)32-18-16-27-10-4-6-13-30(27)24-32/h4-26H,1-3H3. The van der Waals surface area contributed by atoms with Gasteiger partial charge in [0.1, 0.15) is 0 Å². The second-order valence-electron chi connectivity index (χ2n) is 12.6. The highest BCUT2D eigenvalue weighted by atomic mass is 14.2. The lowest BCUT2D eigenvalue weighted by molar-refractivity contribution is 0.591. The van der Waals surface area contributed by atoms with Crippen molar-refractivity contribution in [3.05, 3.63) is 145 Å². The predicted octanol–water partition coefficient (Wildman–Crippen LogP) is 12.1. The molecule has 0 fully saturated rings. The Hall–Kier alpha value is -4.94. The molecule has 0 saturated heterocycles. The Balaban J connectivity index is 1.61. The highest BCUT2D eigenvalue weighted by molar-refractivity contribution is 6.28. The molecule has 0 unspecified atom stereocenters. The van der Waals surface area contributed by atoms with Crippen molar-refractivity contribution in [3.63, 3.8) is 0 Å². The van der Waals surface area contributed by atoms with Crippen LogP contribution in [0.1, 0.15) is 26.3 Å². The van der Waals surface area contributed by atoms with Gasteiger partial charge in [-0.1, -0.05) is 142 Å². The molecule has 0 atom stereocenters. The molecule has 0 amide bonds. The van der Waals surface area contributed by atoms with E-state index in [9.17, 15) is 0 Å². The van der Waals surface area contributed by atoms with Crippen molar-refractivity contribution in [3.8, 4) is 22.3 Å². The van der Waals surface area contributed by atoms with E-state index in [-0.39, 0.29) is 5.41 Å². The largest absolute Gasteiger partial charge is 0.0616 e. The first-order valence-corrected chi connectivity index (χ1v) is 14.9. The smallest absolute Gasteiger partial charge is 0.00141 e. The molecule has 8 aromatic rings. The van der Waals surface area contributed by atoms with Crippen molar-refractivity contribution in [2.45, 2.75) is 26.2 Å². The van der Waals surface area contributed by atoms with Crippen molar-refractivity contribution in [1.82, 2.24) is 0 Å². The van der Waals surface area contributed by atoms with Crippen LogP contribution in [0.4, 0.5) is 0 Å². The van der Waals surface area contributed by atoms with E-state index in [1.54, 1.807) is 0 Å². The Bertz CT molecular complexity index is 2330. The van der Waals surface area contributed by atoms with Crippen molar-refractivity contribution in [2.24, 2.45) is 0 Å². The normalized spacial score (nSPS) is 12.2. The number of benzene rings is 8. The summed E-state index contributed by atoms with van der Waals surface area (Å²) in [5, 5.41) is 12.9. The third-order valence-corrected chi connectivity index (χ3v) is 8.95. The quantitative estimate of drug-likeness (QED) is 0.152. The van der Waals surface area contributed by atoms with Crippen LogP contribution in [0.15, 0.2) is 140 Å². The first-order valence-electron chi connectivity index (χ1n) is 14.9. The Morgan fingerprint density at radius 2 is 0.881 bits per heavy atom. The van der Waals surface area contributed by atoms with Gasteiger partial charge >= 0.3 is 0 Å². The molecule has 42 heavy (non-hydrogen) atoms. The van der Waals surface area contributed by atoms with Crippen LogP contribution in [0, 0.1) is 0 Å². The highest BCUT2D eigenvalue weighted by Crippen LogP contribution is 2.47. The van der Waals surface area contributed by atoms with E-state index >= 15 is 0 Å². The van der Waals surface area contributed by atoms with Gasteiger partial charge in [0.05, 0.1) is 0 Å². The maximum Gasteiger partial charge on any atom is -0.00141 e. The van der Waals surface area contributed by atoms with E-state index in [4.69, 9.17) is 0 Å². The summed E-state index contributed by atoms with van der Waals surface area (Å²) < 4.78 is 0. The van der Waals surface area contributed by atoms with E-state index < -0.39 is 0 Å². The van der Waals surface area contributed by atoms with Gasteiger partial charge in [0.25, 0.3) is 0 Å². The molecule has 0 radical (unpaired) electrons. The zero-order valence-electron chi connectivity index (χ0n) is 24.3. The SMILES string of the molecule is CC(C)(C)c1ccc2c(-c3ccc4ccccc4c3)c3ccc4ccccc4c3c(-c3ccc4ccccc4c3)c2c1. The molecular weight excluding hydrogens is 504 g/mol. The molecule has 0 spiro atoms. The zero-order chi connectivity index (χ0) is 28.4. The summed E-state index contributed by atoms with van der Waals surface area (Å²) in [4.78, 5) is 0. The first-order chi connectivity index (χ1) is 20.5.